The van der Waals surface area contributed by atoms with E-state index in [0.29, 0.717) is 12.8 Å². The molecule has 0 aromatic heterocycles. The van der Waals surface area contributed by atoms with E-state index in [1.54, 1.807) is 0 Å². The van der Waals surface area contributed by atoms with Crippen molar-refractivity contribution in [3.8, 4) is 0 Å². The Morgan fingerprint density at radius 2 is 1.21 bits per heavy atom. The van der Waals surface area contributed by atoms with Crippen LogP contribution in [0.1, 0.15) is 260 Å². The van der Waals surface area contributed by atoms with E-state index in [-0.39, 0.29) is 45.2 Å². The van der Waals surface area contributed by atoms with Gasteiger partial charge in [0.1, 0.15) is 42.5 Å². The van der Waals surface area contributed by atoms with E-state index in [0.717, 1.165) is 76.0 Å². The maximum absolute atomic E-state index is 13.8. The number of aliphatic carboxylic acids is 1. The molecule has 0 saturated carbocycles. The Morgan fingerprint density at radius 1 is 0.680 bits per heavy atom. The summed E-state index contributed by atoms with van der Waals surface area (Å²) >= 11 is 0. The molecule has 5 amide bonds. The normalized spacial score (nSPS) is 18.7. The molecule has 562 valence electrons. The molecule has 0 bridgehead atoms. The number of carboxylic acid groups (broad SMARTS) is 1. The van der Waals surface area contributed by atoms with Crippen LogP contribution in [0.4, 0.5) is 0 Å². The third-order valence-corrected chi connectivity index (χ3v) is 17.7. The minimum Gasteiger partial charge on any atom is -0.480 e. The number of primary amides is 1. The van der Waals surface area contributed by atoms with Crippen molar-refractivity contribution in [1.29, 1.82) is 0 Å². The van der Waals surface area contributed by atoms with Crippen molar-refractivity contribution < 1.29 is 106 Å². The fourth-order valence-electron chi connectivity index (χ4n) is 11.0. The van der Waals surface area contributed by atoms with E-state index in [2.05, 4.69) is 41.9 Å². The summed E-state index contributed by atoms with van der Waals surface area (Å²) in [6.07, 6.45) is 23.3. The van der Waals surface area contributed by atoms with E-state index in [4.69, 9.17) is 44.2 Å². The minimum atomic E-state index is -4.81. The SMILES string of the molecule is CCCCCCCC/C=C\CCCCCCCC(=O)O[C@H](COC(=O)CCCCCCCCCCCCCCC)COP(=O)(O)OCCNC(=O)CCC(=O)N[C@@H](C)C(=O)OCCCN(C(=O)CC[C@@H](N)C(N)=O)[C@](C)(CC(C)O[C@H]1[C@H](O)[C@@H](CO)O[C@H](O)[C@@H]1NC(C)=O)C(=O)O. The lowest BCUT2D eigenvalue weighted by Crippen LogP contribution is -2.65. The molecule has 0 radical (unpaired) electrons. The third kappa shape index (κ3) is 42.5. The highest BCUT2D eigenvalue weighted by atomic mass is 31.2. The lowest BCUT2D eigenvalue weighted by molar-refractivity contribution is -0.268. The molecule has 0 aromatic carbocycles. The number of unbranched alkanes of at least 4 members (excludes halogenated alkanes) is 23. The van der Waals surface area contributed by atoms with Crippen LogP contribution in [0.15, 0.2) is 12.2 Å². The molecular formula is C68H123N6O22P. The number of carboxylic acids is 1. The van der Waals surface area contributed by atoms with Gasteiger partial charge in [0.15, 0.2) is 12.4 Å². The number of ether oxygens (including phenoxy) is 5. The zero-order chi connectivity index (χ0) is 72.4. The third-order valence-electron chi connectivity index (χ3n) is 16.7. The van der Waals surface area contributed by atoms with E-state index >= 15 is 0 Å². The van der Waals surface area contributed by atoms with Crippen LogP contribution < -0.4 is 27.4 Å². The molecule has 28 nitrogen and oxygen atoms in total. The molecule has 1 heterocycles. The predicted octanol–water partition coefficient (Wildman–Crippen LogP) is 7.43. The summed E-state index contributed by atoms with van der Waals surface area (Å²) in [6, 6.07) is -3.86. The largest absolute Gasteiger partial charge is 0.480 e. The first kappa shape index (κ1) is 89.9. The van der Waals surface area contributed by atoms with E-state index in [9.17, 15) is 73.0 Å². The van der Waals surface area contributed by atoms with E-state index in [1.807, 2.05) is 0 Å². The standard InChI is InChI=1S/C68H123N6O22P/c1-7-9-11-13-15-17-19-21-22-24-26-28-30-32-34-37-60(81)95-53(48-91-59(80)36-33-31-29-27-25-23-20-18-16-14-12-10-8-2)49-93-97(88,89)92-45-42-71-56(77)39-40-57(78)72-51(4)65(84)90-44-35-43-74(58(79)41-38-54(69)64(70)83)68(6,67(86)87)46-50(3)94-63-61(73-52(5)76)66(85)96-55(47-75)62(63)82/h21-22,50-51,53-55,61-63,66,75,82,85H,7-20,23-49,69H2,1-6H3,(H2,70,83)(H,71,77)(H,72,78)(H,73,76)(H,86,87)(H,88,89)/b22-21-/t50?,51-,53+,54+,55+,61+,62+,63+,66-,68+/m0/s1. The van der Waals surface area contributed by atoms with Gasteiger partial charge in [-0.25, -0.2) is 14.2 Å². The highest BCUT2D eigenvalue weighted by Gasteiger charge is 2.49. The van der Waals surface area contributed by atoms with Crippen molar-refractivity contribution in [2.24, 2.45) is 11.5 Å². The van der Waals surface area contributed by atoms with Crippen LogP contribution in [-0.2, 0) is 80.4 Å². The number of nitrogens with zero attached hydrogens (tertiary/aromatic N) is 1. The summed E-state index contributed by atoms with van der Waals surface area (Å²) in [5.74, 6) is -7.23. The molecule has 2 unspecified atom stereocenters. The predicted molar refractivity (Wildman–Crippen MR) is 362 cm³/mol. The average Bonchev–Trinajstić information content (AvgIpc) is 0.804. The first-order valence-electron chi connectivity index (χ1n) is 35.7. The lowest BCUT2D eigenvalue weighted by atomic mass is 9.90. The fraction of sp³-hybridized carbons (Fsp3) is 0.838. The number of aliphatic hydroxyl groups excluding tert-OH is 3. The Balaban J connectivity index is 2.75. The molecule has 97 heavy (non-hydrogen) atoms. The summed E-state index contributed by atoms with van der Waals surface area (Å²) in [5, 5.41) is 49.2. The molecule has 1 aliphatic rings. The Labute approximate surface area is 575 Å². The second kappa shape index (κ2) is 53.7. The number of aliphatic hydroxyl groups is 3. The summed E-state index contributed by atoms with van der Waals surface area (Å²) in [4.78, 5) is 126. The van der Waals surface area contributed by atoms with Crippen LogP contribution in [0.3, 0.4) is 0 Å². The maximum Gasteiger partial charge on any atom is 0.472 e. The monoisotopic (exact) mass is 1410 g/mol. The first-order chi connectivity index (χ1) is 46.2. The van der Waals surface area contributed by atoms with E-state index in [1.165, 1.54) is 111 Å². The van der Waals surface area contributed by atoms with Gasteiger partial charge in [-0.2, -0.15) is 0 Å². The summed E-state index contributed by atoms with van der Waals surface area (Å²) < 4.78 is 50.7. The van der Waals surface area contributed by atoms with Crippen LogP contribution in [0.25, 0.3) is 0 Å². The Kier molecular flexibility index (Phi) is 49.7. The van der Waals surface area contributed by atoms with Crippen molar-refractivity contribution in [2.75, 3.05) is 46.1 Å². The van der Waals surface area contributed by atoms with Gasteiger partial charge in [-0.3, -0.25) is 42.6 Å². The maximum atomic E-state index is 13.8. The van der Waals surface area contributed by atoms with Gasteiger partial charge in [-0.1, -0.05) is 154 Å². The quantitative estimate of drug-likeness (QED) is 0.00929. The molecule has 0 aromatic rings. The van der Waals surface area contributed by atoms with Gasteiger partial charge in [0, 0.05) is 58.5 Å². The number of hydrogen-bond acceptors (Lipinski definition) is 21. The van der Waals surface area contributed by atoms with Crippen molar-refractivity contribution >= 4 is 61.2 Å². The highest BCUT2D eigenvalue weighted by Crippen LogP contribution is 2.43. The molecule has 1 rings (SSSR count). The summed E-state index contributed by atoms with van der Waals surface area (Å²) in [5.41, 5.74) is 8.95. The molecule has 0 spiro atoms. The highest BCUT2D eigenvalue weighted by molar-refractivity contribution is 7.47. The number of allylic oxidation sites excluding steroid dienone is 2. The fourth-order valence-corrected chi connectivity index (χ4v) is 11.8. The van der Waals surface area contributed by atoms with Crippen LogP contribution in [0.2, 0.25) is 0 Å². The number of hydrogen-bond donors (Lipinski definition) is 10. The van der Waals surface area contributed by atoms with Gasteiger partial charge >= 0.3 is 31.7 Å². The number of rotatable bonds is 60. The van der Waals surface area contributed by atoms with Crippen molar-refractivity contribution in [2.45, 2.75) is 320 Å². The van der Waals surface area contributed by atoms with Crippen LogP contribution in [0, 0.1) is 0 Å². The van der Waals surface area contributed by atoms with Crippen molar-refractivity contribution in [1.82, 2.24) is 20.9 Å². The zero-order valence-electron chi connectivity index (χ0n) is 59.1. The molecule has 1 saturated heterocycles. The second-order valence-corrected chi connectivity index (χ2v) is 27.1. The number of carbonyl (C=O) groups is 9. The number of esters is 3. The lowest BCUT2D eigenvalue weighted by Gasteiger charge is -2.45. The Bertz CT molecular complexity index is 2340. The smallest absolute Gasteiger partial charge is 0.472 e. The van der Waals surface area contributed by atoms with Gasteiger partial charge in [0.05, 0.1) is 38.6 Å². The van der Waals surface area contributed by atoms with Crippen molar-refractivity contribution in [3.05, 3.63) is 12.2 Å². The van der Waals surface area contributed by atoms with Crippen molar-refractivity contribution in [3.63, 3.8) is 0 Å². The first-order valence-corrected chi connectivity index (χ1v) is 37.2. The molecule has 12 N–H and O–H groups in total. The van der Waals surface area contributed by atoms with Crippen LogP contribution in [-0.4, -0.2) is 190 Å². The number of carbonyl (C=O) groups excluding carboxylic acids is 8. The average molecular weight is 1410 g/mol. The molecule has 11 atom stereocenters. The molecular weight excluding hydrogens is 1280 g/mol. The number of amides is 5. The van der Waals surface area contributed by atoms with Gasteiger partial charge in [-0.15, -0.1) is 0 Å². The summed E-state index contributed by atoms with van der Waals surface area (Å²) in [6.45, 7) is 6.16. The number of nitrogens with two attached hydrogens (primary N) is 2. The minimum absolute atomic E-state index is 0.0909. The van der Waals surface area contributed by atoms with Gasteiger partial charge in [0.25, 0.3) is 0 Å². The van der Waals surface area contributed by atoms with Crippen LogP contribution in [0.5, 0.6) is 0 Å². The van der Waals surface area contributed by atoms with Gasteiger partial charge in [0.2, 0.25) is 29.5 Å². The molecule has 1 aliphatic heterocycles. The molecule has 29 heteroatoms. The second-order valence-electron chi connectivity index (χ2n) is 25.6. The van der Waals surface area contributed by atoms with Gasteiger partial charge < -0.3 is 81.3 Å². The molecule has 0 aliphatic carbocycles. The number of nitrogens with one attached hydrogen (secondary N) is 3. The Hall–Kier alpha value is -5.16. The Morgan fingerprint density at radius 3 is 1.73 bits per heavy atom. The molecule has 1 fully saturated rings. The number of phosphoric acid groups is 1. The topological polar surface area (TPSA) is 428 Å². The van der Waals surface area contributed by atoms with E-state index < -0.39 is 174 Å². The van der Waals surface area contributed by atoms with Gasteiger partial charge in [-0.05, 0) is 72.1 Å². The van der Waals surface area contributed by atoms with Crippen LogP contribution >= 0.6 is 7.82 Å². The number of phosphoric ester groups is 1. The summed E-state index contributed by atoms with van der Waals surface area (Å²) in [7, 11) is -4.81. The zero-order valence-corrected chi connectivity index (χ0v) is 60.0.